The Bertz CT molecular complexity index is 934. The van der Waals surface area contributed by atoms with E-state index in [4.69, 9.17) is 9.97 Å². The number of pyridine rings is 1. The molecule has 1 atom stereocenters. The Kier molecular flexibility index (Phi) is 3.05. The van der Waals surface area contributed by atoms with Gasteiger partial charge in [-0.25, -0.2) is 9.97 Å². The van der Waals surface area contributed by atoms with Gasteiger partial charge in [0.25, 0.3) is 0 Å². The molecule has 24 heavy (non-hydrogen) atoms. The number of aryl methyl sites for hydroxylation is 1. The highest BCUT2D eigenvalue weighted by atomic mass is 15.3. The van der Waals surface area contributed by atoms with E-state index >= 15 is 0 Å². The largest absolute Gasteiger partial charge is 0.338 e. The highest BCUT2D eigenvalue weighted by molar-refractivity contribution is 5.86. The molecule has 3 heterocycles. The summed E-state index contributed by atoms with van der Waals surface area (Å²) in [6.07, 6.45) is 8.36. The van der Waals surface area contributed by atoms with Crippen LogP contribution in [0.5, 0.6) is 0 Å². The molecular weight excluding hydrogens is 296 g/mol. The summed E-state index contributed by atoms with van der Waals surface area (Å²) in [5.74, 6) is 0.916. The number of benzene rings is 1. The van der Waals surface area contributed by atoms with Gasteiger partial charge in [-0.15, -0.1) is 0 Å². The van der Waals surface area contributed by atoms with Crippen molar-refractivity contribution in [1.82, 2.24) is 15.0 Å². The second-order valence-corrected chi connectivity index (χ2v) is 6.92. The quantitative estimate of drug-likeness (QED) is 0.721. The van der Waals surface area contributed by atoms with Crippen molar-refractivity contribution in [1.29, 1.82) is 0 Å². The van der Waals surface area contributed by atoms with Crippen LogP contribution in [0, 0.1) is 0 Å². The maximum absolute atomic E-state index is 4.99. The van der Waals surface area contributed by atoms with Gasteiger partial charge in [0.2, 0.25) is 5.95 Å². The van der Waals surface area contributed by atoms with Crippen LogP contribution in [0.4, 0.5) is 5.95 Å². The maximum Gasteiger partial charge on any atom is 0.226 e. The summed E-state index contributed by atoms with van der Waals surface area (Å²) in [6, 6.07) is 9.18. The lowest BCUT2D eigenvalue weighted by atomic mass is 10.0. The van der Waals surface area contributed by atoms with Gasteiger partial charge < -0.3 is 4.90 Å². The number of hydrogen-bond donors (Lipinski definition) is 0. The SMILES string of the molecule is C[C@H]1CCN1c1nc2c(c(-c3ccc4cnccc4c3)n1)CCC2. The lowest BCUT2D eigenvalue weighted by Crippen LogP contribution is -2.46. The number of anilines is 1. The molecule has 1 saturated heterocycles. The Morgan fingerprint density at radius 2 is 2.04 bits per heavy atom. The van der Waals surface area contributed by atoms with Gasteiger partial charge in [-0.1, -0.05) is 12.1 Å². The Labute approximate surface area is 141 Å². The van der Waals surface area contributed by atoms with Gasteiger partial charge >= 0.3 is 0 Å². The first-order valence-electron chi connectivity index (χ1n) is 8.80. The van der Waals surface area contributed by atoms with E-state index in [9.17, 15) is 0 Å². The van der Waals surface area contributed by atoms with Crippen LogP contribution in [0.15, 0.2) is 36.7 Å². The van der Waals surface area contributed by atoms with E-state index in [0.717, 1.165) is 31.0 Å². The summed E-state index contributed by atoms with van der Waals surface area (Å²) in [5, 5.41) is 2.38. The average molecular weight is 316 g/mol. The van der Waals surface area contributed by atoms with E-state index in [2.05, 4.69) is 41.1 Å². The van der Waals surface area contributed by atoms with Crippen LogP contribution >= 0.6 is 0 Å². The molecule has 0 bridgehead atoms. The summed E-state index contributed by atoms with van der Waals surface area (Å²) in [7, 11) is 0. The fraction of sp³-hybridized carbons (Fsp3) is 0.350. The van der Waals surface area contributed by atoms with Gasteiger partial charge in [0.05, 0.1) is 5.69 Å². The fourth-order valence-electron chi connectivity index (χ4n) is 3.83. The lowest BCUT2D eigenvalue weighted by molar-refractivity contribution is 0.470. The maximum atomic E-state index is 4.99. The van der Waals surface area contributed by atoms with Crippen LogP contribution in [0.3, 0.4) is 0 Å². The van der Waals surface area contributed by atoms with Crippen LogP contribution in [-0.4, -0.2) is 27.5 Å². The molecule has 0 radical (unpaired) electrons. The normalized spacial score (nSPS) is 19.4. The molecular formula is C20H20N4. The van der Waals surface area contributed by atoms with Crippen LogP contribution in [0.25, 0.3) is 22.0 Å². The molecule has 0 N–H and O–H groups in total. The molecule has 1 aromatic carbocycles. The van der Waals surface area contributed by atoms with E-state index in [1.54, 1.807) is 0 Å². The van der Waals surface area contributed by atoms with Crippen molar-refractivity contribution >= 4 is 16.7 Å². The molecule has 0 unspecified atom stereocenters. The van der Waals surface area contributed by atoms with Crippen molar-refractivity contribution in [3.8, 4) is 11.3 Å². The van der Waals surface area contributed by atoms with Gasteiger partial charge in [-0.2, -0.15) is 0 Å². The van der Waals surface area contributed by atoms with Crippen molar-refractivity contribution in [2.45, 2.75) is 38.6 Å². The van der Waals surface area contributed by atoms with Crippen molar-refractivity contribution in [3.63, 3.8) is 0 Å². The fourth-order valence-corrected chi connectivity index (χ4v) is 3.83. The summed E-state index contributed by atoms with van der Waals surface area (Å²) in [4.78, 5) is 16.4. The first kappa shape index (κ1) is 13.9. The molecule has 1 aliphatic carbocycles. The average Bonchev–Trinajstić information content (AvgIpc) is 3.08. The predicted octanol–water partition coefficient (Wildman–Crippen LogP) is 3.78. The first-order valence-corrected chi connectivity index (χ1v) is 8.80. The Hall–Kier alpha value is -2.49. The number of nitrogens with zero attached hydrogens (tertiary/aromatic N) is 4. The van der Waals surface area contributed by atoms with Gasteiger partial charge in [0.1, 0.15) is 0 Å². The molecule has 120 valence electrons. The zero-order valence-electron chi connectivity index (χ0n) is 13.9. The zero-order chi connectivity index (χ0) is 16.1. The third kappa shape index (κ3) is 2.09. The van der Waals surface area contributed by atoms with Crippen LogP contribution in [0.2, 0.25) is 0 Å². The molecule has 5 rings (SSSR count). The molecule has 4 nitrogen and oxygen atoms in total. The minimum atomic E-state index is 0.556. The van der Waals surface area contributed by atoms with Crippen molar-refractivity contribution in [2.24, 2.45) is 0 Å². The topological polar surface area (TPSA) is 41.9 Å². The van der Waals surface area contributed by atoms with E-state index in [1.807, 2.05) is 12.4 Å². The Morgan fingerprint density at radius 1 is 1.08 bits per heavy atom. The Balaban J connectivity index is 1.68. The molecule has 0 amide bonds. The third-order valence-electron chi connectivity index (χ3n) is 5.41. The molecule has 4 heteroatoms. The number of fused-ring (bicyclic) bond motifs is 2. The molecule has 1 aliphatic heterocycles. The smallest absolute Gasteiger partial charge is 0.226 e. The van der Waals surface area contributed by atoms with E-state index in [0.29, 0.717) is 6.04 Å². The Morgan fingerprint density at radius 3 is 2.88 bits per heavy atom. The molecule has 2 aromatic heterocycles. The standard InChI is InChI=1S/C20H20N4/c1-13-8-10-24(13)20-22-18-4-2-3-17(18)19(23-20)15-5-6-16-12-21-9-7-14(16)11-15/h5-7,9,11-13H,2-4,8,10H2,1H3/t13-/m0/s1. The summed E-state index contributed by atoms with van der Waals surface area (Å²) < 4.78 is 0. The number of rotatable bonds is 2. The first-order chi connectivity index (χ1) is 11.8. The van der Waals surface area contributed by atoms with Gasteiger partial charge in [-0.05, 0) is 50.1 Å². The summed E-state index contributed by atoms with van der Waals surface area (Å²) >= 11 is 0. The lowest BCUT2D eigenvalue weighted by Gasteiger charge is -2.39. The minimum absolute atomic E-state index is 0.556. The summed E-state index contributed by atoms with van der Waals surface area (Å²) in [5.41, 5.74) is 4.93. The third-order valence-corrected chi connectivity index (χ3v) is 5.41. The molecule has 0 spiro atoms. The zero-order valence-corrected chi connectivity index (χ0v) is 13.9. The molecule has 0 saturated carbocycles. The van der Waals surface area contributed by atoms with Crippen LogP contribution in [-0.2, 0) is 12.8 Å². The van der Waals surface area contributed by atoms with Crippen molar-refractivity contribution in [3.05, 3.63) is 47.9 Å². The number of hydrogen-bond acceptors (Lipinski definition) is 4. The van der Waals surface area contributed by atoms with Crippen LogP contribution in [0.1, 0.15) is 31.0 Å². The van der Waals surface area contributed by atoms with Crippen molar-refractivity contribution in [2.75, 3.05) is 11.4 Å². The van der Waals surface area contributed by atoms with E-state index in [1.165, 1.54) is 40.4 Å². The van der Waals surface area contributed by atoms with Crippen molar-refractivity contribution < 1.29 is 0 Å². The minimum Gasteiger partial charge on any atom is -0.338 e. The monoisotopic (exact) mass is 316 g/mol. The molecule has 3 aromatic rings. The molecule has 2 aliphatic rings. The van der Waals surface area contributed by atoms with E-state index in [-0.39, 0.29) is 0 Å². The predicted molar refractivity (Wildman–Crippen MR) is 96.2 cm³/mol. The second kappa shape index (κ2) is 5.26. The molecule has 1 fully saturated rings. The highest BCUT2D eigenvalue weighted by Crippen LogP contribution is 2.34. The van der Waals surface area contributed by atoms with Gasteiger partial charge in [0.15, 0.2) is 0 Å². The van der Waals surface area contributed by atoms with E-state index < -0.39 is 0 Å². The van der Waals surface area contributed by atoms with Gasteiger partial charge in [0, 0.05) is 47.2 Å². The van der Waals surface area contributed by atoms with Crippen LogP contribution < -0.4 is 4.90 Å². The summed E-state index contributed by atoms with van der Waals surface area (Å²) in [6.45, 7) is 3.32. The number of aromatic nitrogens is 3. The second-order valence-electron chi connectivity index (χ2n) is 6.92. The van der Waals surface area contributed by atoms with Gasteiger partial charge in [-0.3, -0.25) is 4.98 Å². The highest BCUT2D eigenvalue weighted by Gasteiger charge is 2.29.